The van der Waals surface area contributed by atoms with Gasteiger partial charge >= 0.3 is 6.18 Å². The number of aromatic hydroxyl groups is 1. The third-order valence-corrected chi connectivity index (χ3v) is 6.32. The lowest BCUT2D eigenvalue weighted by Crippen LogP contribution is -2.38. The molecule has 3 aromatic carbocycles. The van der Waals surface area contributed by atoms with E-state index >= 15 is 0 Å². The second-order valence-corrected chi connectivity index (χ2v) is 8.96. The first-order valence-electron chi connectivity index (χ1n) is 12.0. The number of alkyl halides is 3. The first-order valence-corrected chi connectivity index (χ1v) is 12.0. The molecule has 3 aromatic rings. The summed E-state index contributed by atoms with van der Waals surface area (Å²) in [5.74, 6) is -2.94. The van der Waals surface area contributed by atoms with Gasteiger partial charge in [0.2, 0.25) is 5.91 Å². The lowest BCUT2D eigenvalue weighted by atomic mass is 10.0. The molecule has 0 aromatic heterocycles. The Balaban J connectivity index is 1.54. The standard InChI is InChI=1S/C28H24F3N3O5/c1-3-33(15-23(35)32-22-11-7-6-10-21(22)28(29,30)31)25(37)20-13-17(12-16(2)24(20)36)14-34-26(38)18-8-4-5-9-19(18)27(34)39/h4-13,36H,3,14-15H2,1-2H3,(H,32,35). The number of hydrogen-bond acceptors (Lipinski definition) is 5. The van der Waals surface area contributed by atoms with Crippen molar-refractivity contribution in [1.29, 1.82) is 0 Å². The molecule has 11 heteroatoms. The number of benzene rings is 3. The summed E-state index contributed by atoms with van der Waals surface area (Å²) in [5.41, 5.74) is -0.419. The van der Waals surface area contributed by atoms with Crippen LogP contribution in [-0.4, -0.2) is 51.6 Å². The molecule has 1 aliphatic rings. The molecule has 39 heavy (non-hydrogen) atoms. The molecule has 0 fully saturated rings. The molecule has 0 atom stereocenters. The summed E-state index contributed by atoms with van der Waals surface area (Å²) in [4.78, 5) is 53.5. The highest BCUT2D eigenvalue weighted by atomic mass is 19.4. The quantitative estimate of drug-likeness (QED) is 0.427. The molecule has 0 spiro atoms. The van der Waals surface area contributed by atoms with Crippen LogP contribution in [0.5, 0.6) is 5.75 Å². The van der Waals surface area contributed by atoms with E-state index in [0.717, 1.165) is 21.9 Å². The Kier molecular flexibility index (Phi) is 7.44. The maximum atomic E-state index is 13.3. The van der Waals surface area contributed by atoms with Crippen molar-refractivity contribution in [2.75, 3.05) is 18.4 Å². The van der Waals surface area contributed by atoms with Crippen LogP contribution in [0.1, 0.15) is 54.7 Å². The highest BCUT2D eigenvalue weighted by Crippen LogP contribution is 2.34. The van der Waals surface area contributed by atoms with E-state index in [1.807, 2.05) is 0 Å². The van der Waals surface area contributed by atoms with Crippen LogP contribution in [0, 0.1) is 6.92 Å². The van der Waals surface area contributed by atoms with Gasteiger partial charge in [0.25, 0.3) is 17.7 Å². The summed E-state index contributed by atoms with van der Waals surface area (Å²) < 4.78 is 39.8. The number of phenols is 1. The molecule has 0 radical (unpaired) electrons. The Morgan fingerprint density at radius 1 is 0.974 bits per heavy atom. The van der Waals surface area contributed by atoms with E-state index in [-0.39, 0.29) is 35.5 Å². The Labute approximate surface area is 221 Å². The minimum absolute atomic E-state index is 0.00823. The zero-order valence-corrected chi connectivity index (χ0v) is 21.0. The van der Waals surface area contributed by atoms with Gasteiger partial charge in [0.15, 0.2) is 0 Å². The molecule has 4 rings (SSSR count). The predicted octanol–water partition coefficient (Wildman–Crippen LogP) is 4.62. The summed E-state index contributed by atoms with van der Waals surface area (Å²) in [6, 6.07) is 13.7. The number of aryl methyl sites for hydroxylation is 1. The number of anilines is 1. The molecule has 202 valence electrons. The number of carbonyl (C=O) groups is 4. The van der Waals surface area contributed by atoms with Crippen molar-refractivity contribution < 1.29 is 37.5 Å². The molecular formula is C28H24F3N3O5. The molecule has 0 unspecified atom stereocenters. The zero-order valence-electron chi connectivity index (χ0n) is 21.0. The number of fused-ring (bicyclic) bond motifs is 1. The Bertz CT molecular complexity index is 1450. The van der Waals surface area contributed by atoms with E-state index in [2.05, 4.69) is 5.32 Å². The normalized spacial score (nSPS) is 12.9. The zero-order chi connectivity index (χ0) is 28.5. The third kappa shape index (κ3) is 5.47. The summed E-state index contributed by atoms with van der Waals surface area (Å²) >= 11 is 0. The van der Waals surface area contributed by atoms with Crippen molar-refractivity contribution >= 4 is 29.3 Å². The number of nitrogens with zero attached hydrogens (tertiary/aromatic N) is 2. The number of carbonyl (C=O) groups excluding carboxylic acids is 4. The van der Waals surface area contributed by atoms with Gasteiger partial charge in [0, 0.05) is 6.54 Å². The van der Waals surface area contributed by atoms with Gasteiger partial charge in [-0.25, -0.2) is 0 Å². The van der Waals surface area contributed by atoms with Crippen molar-refractivity contribution in [2.24, 2.45) is 0 Å². The van der Waals surface area contributed by atoms with Crippen molar-refractivity contribution in [3.8, 4) is 5.75 Å². The molecule has 0 saturated carbocycles. The number of likely N-dealkylation sites (N-methyl/N-ethyl adjacent to an activating group) is 1. The maximum absolute atomic E-state index is 13.3. The molecule has 4 amide bonds. The van der Waals surface area contributed by atoms with Crippen LogP contribution in [-0.2, 0) is 17.5 Å². The van der Waals surface area contributed by atoms with E-state index in [9.17, 15) is 37.5 Å². The minimum atomic E-state index is -4.69. The molecule has 0 aliphatic carbocycles. The Morgan fingerprint density at radius 2 is 1.56 bits per heavy atom. The van der Waals surface area contributed by atoms with Crippen molar-refractivity contribution in [1.82, 2.24) is 9.80 Å². The Hall–Kier alpha value is -4.67. The fraction of sp³-hybridized carbons (Fsp3) is 0.214. The molecule has 1 aliphatic heterocycles. The second kappa shape index (κ2) is 10.6. The first-order chi connectivity index (χ1) is 18.4. The number of halogens is 3. The number of imide groups is 1. The fourth-order valence-corrected chi connectivity index (χ4v) is 4.37. The molecule has 0 saturated heterocycles. The second-order valence-electron chi connectivity index (χ2n) is 8.96. The number of amides is 4. The molecule has 1 heterocycles. The van der Waals surface area contributed by atoms with Gasteiger partial charge in [-0.05, 0) is 55.3 Å². The molecule has 2 N–H and O–H groups in total. The molecule has 0 bridgehead atoms. The molecular weight excluding hydrogens is 515 g/mol. The monoisotopic (exact) mass is 539 g/mol. The van der Waals surface area contributed by atoms with Gasteiger partial charge in [-0.1, -0.05) is 30.3 Å². The van der Waals surface area contributed by atoms with Crippen LogP contribution in [0.4, 0.5) is 18.9 Å². The minimum Gasteiger partial charge on any atom is -0.507 e. The van der Waals surface area contributed by atoms with E-state index in [0.29, 0.717) is 11.1 Å². The predicted molar refractivity (Wildman–Crippen MR) is 135 cm³/mol. The smallest absolute Gasteiger partial charge is 0.418 e. The largest absolute Gasteiger partial charge is 0.507 e. The van der Waals surface area contributed by atoms with E-state index in [1.54, 1.807) is 31.2 Å². The van der Waals surface area contributed by atoms with Crippen LogP contribution in [0.2, 0.25) is 0 Å². The topological polar surface area (TPSA) is 107 Å². The maximum Gasteiger partial charge on any atom is 0.418 e. The summed E-state index contributed by atoms with van der Waals surface area (Å²) in [5, 5.41) is 12.8. The van der Waals surface area contributed by atoms with Gasteiger partial charge in [-0.15, -0.1) is 0 Å². The average Bonchev–Trinajstić information content (AvgIpc) is 3.13. The SMILES string of the molecule is CCN(CC(=O)Nc1ccccc1C(F)(F)F)C(=O)c1cc(CN2C(=O)c3ccccc3C2=O)cc(C)c1O. The van der Waals surface area contributed by atoms with E-state index in [1.165, 1.54) is 31.2 Å². The number of rotatable bonds is 7. The van der Waals surface area contributed by atoms with Crippen LogP contribution in [0.25, 0.3) is 0 Å². The lowest BCUT2D eigenvalue weighted by Gasteiger charge is -2.23. The van der Waals surface area contributed by atoms with Crippen molar-refractivity contribution in [2.45, 2.75) is 26.6 Å². The molecule has 8 nitrogen and oxygen atoms in total. The van der Waals surface area contributed by atoms with E-state index < -0.39 is 47.6 Å². The van der Waals surface area contributed by atoms with E-state index in [4.69, 9.17) is 0 Å². The summed E-state index contributed by atoms with van der Waals surface area (Å²) in [7, 11) is 0. The van der Waals surface area contributed by atoms with Crippen molar-refractivity contribution in [3.05, 3.63) is 94.0 Å². The summed E-state index contributed by atoms with van der Waals surface area (Å²) in [6.45, 7) is 2.38. The van der Waals surface area contributed by atoms with Gasteiger partial charge in [-0.2, -0.15) is 13.2 Å². The van der Waals surface area contributed by atoms with Crippen LogP contribution in [0.15, 0.2) is 60.7 Å². The number of phenolic OH excluding ortho intramolecular Hbond substituents is 1. The number of hydrogen-bond donors (Lipinski definition) is 2. The fourth-order valence-electron chi connectivity index (χ4n) is 4.37. The highest BCUT2D eigenvalue weighted by molar-refractivity contribution is 6.21. The van der Waals surface area contributed by atoms with Gasteiger partial charge < -0.3 is 15.3 Å². The first kappa shape index (κ1) is 27.4. The van der Waals surface area contributed by atoms with Gasteiger partial charge in [0.1, 0.15) is 12.3 Å². The Morgan fingerprint density at radius 3 is 2.15 bits per heavy atom. The third-order valence-electron chi connectivity index (χ3n) is 6.32. The van der Waals surface area contributed by atoms with Crippen LogP contribution < -0.4 is 5.32 Å². The van der Waals surface area contributed by atoms with Crippen LogP contribution in [0.3, 0.4) is 0 Å². The van der Waals surface area contributed by atoms with Crippen LogP contribution >= 0.6 is 0 Å². The number of para-hydroxylation sites is 1. The van der Waals surface area contributed by atoms with Gasteiger partial charge in [0.05, 0.1) is 34.5 Å². The highest BCUT2D eigenvalue weighted by Gasteiger charge is 2.36. The van der Waals surface area contributed by atoms with Crippen molar-refractivity contribution in [3.63, 3.8) is 0 Å². The summed E-state index contributed by atoms with van der Waals surface area (Å²) in [6.07, 6.45) is -4.69. The lowest BCUT2D eigenvalue weighted by molar-refractivity contribution is -0.137. The average molecular weight is 540 g/mol. The van der Waals surface area contributed by atoms with Gasteiger partial charge in [-0.3, -0.25) is 24.1 Å². The number of nitrogens with one attached hydrogen (secondary N) is 1.